The maximum absolute atomic E-state index is 2.58. The van der Waals surface area contributed by atoms with E-state index in [0.717, 1.165) is 6.54 Å². The summed E-state index contributed by atoms with van der Waals surface area (Å²) >= 11 is 0. The van der Waals surface area contributed by atoms with Gasteiger partial charge in [-0.05, 0) is 43.0 Å². The second kappa shape index (κ2) is 18.6. The predicted molar refractivity (Wildman–Crippen MR) is 149 cm³/mol. The highest BCUT2D eigenvalue weighted by atomic mass is 15.1. The SMILES string of the molecule is CCCCCCCCCCc1ccccc1N(CCCCCCCCCC)c1ccccc1. The zero-order chi connectivity index (χ0) is 23.4. The van der Waals surface area contributed by atoms with Crippen molar-refractivity contribution in [3.63, 3.8) is 0 Å². The molecule has 0 aliphatic rings. The predicted octanol–water partition coefficient (Wildman–Crippen LogP) is 10.6. The number of rotatable bonds is 20. The molecule has 0 atom stereocenters. The van der Waals surface area contributed by atoms with Gasteiger partial charge in [0.15, 0.2) is 0 Å². The van der Waals surface area contributed by atoms with Gasteiger partial charge in [-0.2, -0.15) is 0 Å². The molecule has 0 unspecified atom stereocenters. The van der Waals surface area contributed by atoms with E-state index in [1.165, 1.54) is 126 Å². The molecule has 2 rings (SSSR count). The highest BCUT2D eigenvalue weighted by Gasteiger charge is 2.13. The molecular weight excluding hydrogens is 398 g/mol. The zero-order valence-corrected chi connectivity index (χ0v) is 21.9. The molecule has 1 nitrogen and oxygen atoms in total. The minimum absolute atomic E-state index is 1.12. The number of anilines is 2. The van der Waals surface area contributed by atoms with E-state index in [4.69, 9.17) is 0 Å². The van der Waals surface area contributed by atoms with Gasteiger partial charge in [-0.15, -0.1) is 0 Å². The van der Waals surface area contributed by atoms with E-state index in [9.17, 15) is 0 Å². The maximum Gasteiger partial charge on any atom is 0.0443 e. The molecule has 0 spiro atoms. The lowest BCUT2D eigenvalue weighted by Crippen LogP contribution is -2.20. The minimum atomic E-state index is 1.12. The number of nitrogens with zero attached hydrogens (tertiary/aromatic N) is 1. The number of hydrogen-bond donors (Lipinski definition) is 0. The van der Waals surface area contributed by atoms with Gasteiger partial charge >= 0.3 is 0 Å². The fourth-order valence-electron chi connectivity index (χ4n) is 4.84. The first-order valence-electron chi connectivity index (χ1n) is 14.3. The van der Waals surface area contributed by atoms with Crippen LogP contribution >= 0.6 is 0 Å². The molecule has 0 saturated heterocycles. The highest BCUT2D eigenvalue weighted by molar-refractivity contribution is 5.66. The fraction of sp³-hybridized carbons (Fsp3) is 0.625. The summed E-state index contributed by atoms with van der Waals surface area (Å²) in [4.78, 5) is 2.58. The molecule has 0 bridgehead atoms. The molecule has 1 heteroatoms. The Morgan fingerprint density at radius 2 is 0.970 bits per heavy atom. The molecule has 2 aromatic rings. The van der Waals surface area contributed by atoms with E-state index in [-0.39, 0.29) is 0 Å². The Balaban J connectivity index is 1.87. The Kier molecular flexibility index (Phi) is 15.5. The van der Waals surface area contributed by atoms with Crippen LogP contribution in [0.5, 0.6) is 0 Å². The van der Waals surface area contributed by atoms with Crippen molar-refractivity contribution < 1.29 is 0 Å². The van der Waals surface area contributed by atoms with Crippen molar-refractivity contribution in [1.29, 1.82) is 0 Å². The average molecular weight is 450 g/mol. The highest BCUT2D eigenvalue weighted by Crippen LogP contribution is 2.30. The summed E-state index contributed by atoms with van der Waals surface area (Å²) < 4.78 is 0. The largest absolute Gasteiger partial charge is 0.341 e. The van der Waals surface area contributed by atoms with Crippen LogP contribution in [0.2, 0.25) is 0 Å². The van der Waals surface area contributed by atoms with Crippen molar-refractivity contribution in [1.82, 2.24) is 0 Å². The summed E-state index contributed by atoms with van der Waals surface area (Å²) in [5.74, 6) is 0. The maximum atomic E-state index is 2.58. The third-order valence-corrected chi connectivity index (χ3v) is 6.89. The van der Waals surface area contributed by atoms with E-state index in [2.05, 4.69) is 73.3 Å². The average Bonchev–Trinajstić information content (AvgIpc) is 2.86. The van der Waals surface area contributed by atoms with Crippen LogP contribution in [0, 0.1) is 0 Å². The van der Waals surface area contributed by atoms with Crippen LogP contribution in [0.1, 0.15) is 122 Å². The molecule has 0 aliphatic heterocycles. The first-order chi connectivity index (χ1) is 16.4. The molecule has 33 heavy (non-hydrogen) atoms. The van der Waals surface area contributed by atoms with Crippen molar-refractivity contribution in [2.45, 2.75) is 123 Å². The van der Waals surface area contributed by atoms with E-state index in [1.54, 1.807) is 0 Å². The van der Waals surface area contributed by atoms with Crippen LogP contribution in [0.4, 0.5) is 11.4 Å². The van der Waals surface area contributed by atoms with Gasteiger partial charge in [-0.3, -0.25) is 0 Å². The number of benzene rings is 2. The van der Waals surface area contributed by atoms with Gasteiger partial charge in [0.25, 0.3) is 0 Å². The van der Waals surface area contributed by atoms with Crippen LogP contribution < -0.4 is 4.90 Å². The summed E-state index contributed by atoms with van der Waals surface area (Å²) in [6.07, 6.45) is 23.2. The molecule has 0 amide bonds. The molecule has 0 heterocycles. The summed E-state index contributed by atoms with van der Waals surface area (Å²) in [5, 5.41) is 0. The molecule has 2 aromatic carbocycles. The summed E-state index contributed by atoms with van der Waals surface area (Å²) in [6.45, 7) is 5.71. The first-order valence-corrected chi connectivity index (χ1v) is 14.3. The second-order valence-electron chi connectivity index (χ2n) is 9.82. The Hall–Kier alpha value is -1.76. The number of para-hydroxylation sites is 2. The van der Waals surface area contributed by atoms with Crippen LogP contribution in [-0.2, 0) is 6.42 Å². The molecule has 184 valence electrons. The summed E-state index contributed by atoms with van der Waals surface area (Å²) in [7, 11) is 0. The normalized spacial score (nSPS) is 11.1. The van der Waals surface area contributed by atoms with Crippen LogP contribution in [0.25, 0.3) is 0 Å². The molecule has 0 aromatic heterocycles. The topological polar surface area (TPSA) is 3.24 Å². The van der Waals surface area contributed by atoms with Crippen LogP contribution in [-0.4, -0.2) is 6.54 Å². The van der Waals surface area contributed by atoms with Crippen molar-refractivity contribution >= 4 is 11.4 Å². The minimum Gasteiger partial charge on any atom is -0.341 e. The monoisotopic (exact) mass is 449 g/mol. The fourth-order valence-corrected chi connectivity index (χ4v) is 4.84. The Labute approximate surface area is 206 Å². The van der Waals surface area contributed by atoms with Gasteiger partial charge in [0.1, 0.15) is 0 Å². The van der Waals surface area contributed by atoms with Gasteiger partial charge in [-0.1, -0.05) is 140 Å². The van der Waals surface area contributed by atoms with Crippen LogP contribution in [0.3, 0.4) is 0 Å². The third kappa shape index (κ3) is 11.8. The van der Waals surface area contributed by atoms with E-state index >= 15 is 0 Å². The molecule has 0 N–H and O–H groups in total. The lowest BCUT2D eigenvalue weighted by atomic mass is 10.0. The van der Waals surface area contributed by atoms with E-state index < -0.39 is 0 Å². The van der Waals surface area contributed by atoms with E-state index in [1.807, 2.05) is 0 Å². The number of hydrogen-bond acceptors (Lipinski definition) is 1. The third-order valence-electron chi connectivity index (χ3n) is 6.89. The van der Waals surface area contributed by atoms with Gasteiger partial charge in [0.05, 0.1) is 0 Å². The smallest absolute Gasteiger partial charge is 0.0443 e. The molecule has 0 aliphatic carbocycles. The summed E-state index contributed by atoms with van der Waals surface area (Å²) in [6, 6.07) is 20.2. The second-order valence-corrected chi connectivity index (χ2v) is 9.82. The van der Waals surface area contributed by atoms with Crippen molar-refractivity contribution in [3.8, 4) is 0 Å². The van der Waals surface area contributed by atoms with E-state index in [0.29, 0.717) is 0 Å². The lowest BCUT2D eigenvalue weighted by molar-refractivity contribution is 0.574. The van der Waals surface area contributed by atoms with Crippen molar-refractivity contribution in [2.75, 3.05) is 11.4 Å². The summed E-state index contributed by atoms with van der Waals surface area (Å²) in [5.41, 5.74) is 4.28. The Morgan fingerprint density at radius 1 is 0.485 bits per heavy atom. The Bertz CT molecular complexity index is 693. The lowest BCUT2D eigenvalue weighted by Gasteiger charge is -2.27. The van der Waals surface area contributed by atoms with Crippen molar-refractivity contribution in [3.05, 3.63) is 60.2 Å². The van der Waals surface area contributed by atoms with Gasteiger partial charge in [-0.25, -0.2) is 0 Å². The number of unbranched alkanes of at least 4 members (excludes halogenated alkanes) is 14. The first kappa shape index (κ1) is 27.5. The standard InChI is InChI=1S/C32H51N/c1-3-5-7-9-11-13-15-18-24-30-25-21-22-28-32(30)33(31-26-19-17-20-27-31)29-23-16-14-12-10-8-6-4-2/h17,19-22,25-28H,3-16,18,23-24,29H2,1-2H3. The van der Waals surface area contributed by atoms with Crippen LogP contribution in [0.15, 0.2) is 54.6 Å². The molecule has 0 radical (unpaired) electrons. The van der Waals surface area contributed by atoms with Gasteiger partial charge in [0.2, 0.25) is 0 Å². The Morgan fingerprint density at radius 3 is 1.58 bits per heavy atom. The van der Waals surface area contributed by atoms with Crippen molar-refractivity contribution in [2.24, 2.45) is 0 Å². The molecular formula is C32H51N. The van der Waals surface area contributed by atoms with Gasteiger partial charge < -0.3 is 4.90 Å². The molecule has 0 saturated carbocycles. The molecule has 0 fully saturated rings. The van der Waals surface area contributed by atoms with Gasteiger partial charge in [0, 0.05) is 17.9 Å². The number of aryl methyl sites for hydroxylation is 1. The quantitative estimate of drug-likeness (QED) is 0.182. The zero-order valence-electron chi connectivity index (χ0n) is 21.9.